The number of nitrogens with zero attached hydrogens (tertiary/aromatic N) is 3. The summed E-state index contributed by atoms with van der Waals surface area (Å²) in [6.07, 6.45) is 2.09. The predicted molar refractivity (Wildman–Crippen MR) is 99.5 cm³/mol. The predicted octanol–water partition coefficient (Wildman–Crippen LogP) is 3.90. The first-order valence-corrected chi connectivity index (χ1v) is 8.98. The van der Waals surface area contributed by atoms with Crippen LogP contribution in [0, 0.1) is 12.8 Å². The van der Waals surface area contributed by atoms with Crippen LogP contribution in [-0.2, 0) is 6.54 Å². The minimum atomic E-state index is 0.156. The van der Waals surface area contributed by atoms with Crippen LogP contribution in [0.5, 0.6) is 0 Å². The van der Waals surface area contributed by atoms with Crippen LogP contribution in [0.3, 0.4) is 0 Å². The van der Waals surface area contributed by atoms with Gasteiger partial charge in [0, 0.05) is 25.2 Å². The highest BCUT2D eigenvalue weighted by atomic mass is 16.2. The van der Waals surface area contributed by atoms with Gasteiger partial charge in [-0.1, -0.05) is 30.3 Å². The molecule has 0 aliphatic carbocycles. The number of carbonyl (C=O) groups excluding carboxylic acids is 1. The Morgan fingerprint density at radius 1 is 1.04 bits per heavy atom. The summed E-state index contributed by atoms with van der Waals surface area (Å²) < 4.78 is 2.33. The normalized spacial score (nSPS) is 15.6. The van der Waals surface area contributed by atoms with Crippen molar-refractivity contribution < 1.29 is 4.79 Å². The average molecular weight is 333 g/mol. The SMILES string of the molecule is Cc1nc2ccccc2n1CC1CCN(C(=O)c2ccccc2)CC1. The van der Waals surface area contributed by atoms with Gasteiger partial charge in [0.25, 0.3) is 5.91 Å². The van der Waals surface area contributed by atoms with Gasteiger partial charge in [-0.25, -0.2) is 4.98 Å². The van der Waals surface area contributed by atoms with E-state index in [2.05, 4.69) is 34.7 Å². The van der Waals surface area contributed by atoms with Crippen molar-refractivity contribution in [3.8, 4) is 0 Å². The topological polar surface area (TPSA) is 38.1 Å². The van der Waals surface area contributed by atoms with E-state index in [0.717, 1.165) is 49.4 Å². The number of likely N-dealkylation sites (tertiary alicyclic amines) is 1. The number of fused-ring (bicyclic) bond motifs is 1. The zero-order valence-corrected chi connectivity index (χ0v) is 14.6. The van der Waals surface area contributed by atoms with Gasteiger partial charge in [0.15, 0.2) is 0 Å². The highest BCUT2D eigenvalue weighted by Gasteiger charge is 2.24. The number of carbonyl (C=O) groups is 1. The van der Waals surface area contributed by atoms with Crippen LogP contribution in [0.1, 0.15) is 29.0 Å². The lowest BCUT2D eigenvalue weighted by molar-refractivity contribution is 0.0683. The van der Waals surface area contributed by atoms with E-state index in [1.54, 1.807) is 0 Å². The molecule has 128 valence electrons. The highest BCUT2D eigenvalue weighted by Crippen LogP contribution is 2.24. The van der Waals surface area contributed by atoms with Crippen molar-refractivity contribution >= 4 is 16.9 Å². The summed E-state index contributed by atoms with van der Waals surface area (Å²) in [6, 6.07) is 17.9. The van der Waals surface area contributed by atoms with Crippen LogP contribution in [0.4, 0.5) is 0 Å². The molecule has 0 atom stereocenters. The average Bonchev–Trinajstić information content (AvgIpc) is 2.98. The van der Waals surface area contributed by atoms with Crippen LogP contribution in [0.15, 0.2) is 54.6 Å². The van der Waals surface area contributed by atoms with Gasteiger partial charge in [0.05, 0.1) is 11.0 Å². The number of piperidine rings is 1. The minimum Gasteiger partial charge on any atom is -0.339 e. The van der Waals surface area contributed by atoms with E-state index in [4.69, 9.17) is 0 Å². The number of aromatic nitrogens is 2. The maximum Gasteiger partial charge on any atom is 0.253 e. The molecule has 0 radical (unpaired) electrons. The molecule has 0 saturated carbocycles. The van der Waals surface area contributed by atoms with E-state index in [0.29, 0.717) is 5.92 Å². The monoisotopic (exact) mass is 333 g/mol. The van der Waals surface area contributed by atoms with E-state index >= 15 is 0 Å². The first-order chi connectivity index (χ1) is 12.2. The molecule has 1 fully saturated rings. The molecule has 25 heavy (non-hydrogen) atoms. The molecule has 1 aliphatic heterocycles. The van der Waals surface area contributed by atoms with Gasteiger partial charge in [-0.2, -0.15) is 0 Å². The Morgan fingerprint density at radius 3 is 2.48 bits per heavy atom. The fourth-order valence-electron chi connectivity index (χ4n) is 3.77. The second-order valence-electron chi connectivity index (χ2n) is 6.86. The van der Waals surface area contributed by atoms with Crippen LogP contribution in [0.2, 0.25) is 0 Å². The lowest BCUT2D eigenvalue weighted by Gasteiger charge is -2.32. The summed E-state index contributed by atoms with van der Waals surface area (Å²) in [5.41, 5.74) is 3.07. The zero-order valence-electron chi connectivity index (χ0n) is 14.6. The number of aryl methyl sites for hydroxylation is 1. The molecule has 4 heteroatoms. The number of benzene rings is 2. The molecule has 0 unspecified atom stereocenters. The molecule has 3 aromatic rings. The van der Waals surface area contributed by atoms with Crippen LogP contribution in [0.25, 0.3) is 11.0 Å². The smallest absolute Gasteiger partial charge is 0.253 e. The second-order valence-corrected chi connectivity index (χ2v) is 6.86. The third kappa shape index (κ3) is 3.16. The molecule has 1 saturated heterocycles. The molecule has 1 aliphatic rings. The highest BCUT2D eigenvalue weighted by molar-refractivity contribution is 5.94. The van der Waals surface area contributed by atoms with E-state index < -0.39 is 0 Å². The van der Waals surface area contributed by atoms with Gasteiger partial charge in [0.1, 0.15) is 5.82 Å². The van der Waals surface area contributed by atoms with Crippen molar-refractivity contribution in [1.82, 2.24) is 14.5 Å². The molecule has 1 amide bonds. The quantitative estimate of drug-likeness (QED) is 0.729. The van der Waals surface area contributed by atoms with Crippen molar-refractivity contribution in [3.63, 3.8) is 0 Å². The van der Waals surface area contributed by atoms with Gasteiger partial charge in [0.2, 0.25) is 0 Å². The Hall–Kier alpha value is -2.62. The number of para-hydroxylation sites is 2. The number of amides is 1. The van der Waals surface area contributed by atoms with Crippen molar-refractivity contribution in [2.24, 2.45) is 5.92 Å². The standard InChI is InChI=1S/C21H23N3O/c1-16-22-19-9-5-6-10-20(19)24(16)15-17-11-13-23(14-12-17)21(25)18-7-3-2-4-8-18/h2-10,17H,11-15H2,1H3. The van der Waals surface area contributed by atoms with E-state index in [1.165, 1.54) is 5.52 Å². The van der Waals surface area contributed by atoms with Crippen molar-refractivity contribution in [2.75, 3.05) is 13.1 Å². The molecule has 0 spiro atoms. The molecule has 4 nitrogen and oxygen atoms in total. The van der Waals surface area contributed by atoms with E-state index in [1.807, 2.05) is 41.3 Å². The van der Waals surface area contributed by atoms with Gasteiger partial charge in [-0.05, 0) is 49.9 Å². The Bertz CT molecular complexity index is 877. The maximum absolute atomic E-state index is 12.6. The van der Waals surface area contributed by atoms with E-state index in [9.17, 15) is 4.79 Å². The lowest BCUT2D eigenvalue weighted by atomic mass is 9.96. The Morgan fingerprint density at radius 2 is 1.72 bits per heavy atom. The van der Waals surface area contributed by atoms with Gasteiger partial charge >= 0.3 is 0 Å². The molecule has 2 aromatic carbocycles. The third-order valence-corrected chi connectivity index (χ3v) is 5.21. The second kappa shape index (κ2) is 6.71. The van der Waals surface area contributed by atoms with Crippen molar-refractivity contribution in [3.05, 3.63) is 66.0 Å². The summed E-state index contributed by atoms with van der Waals surface area (Å²) >= 11 is 0. The fourth-order valence-corrected chi connectivity index (χ4v) is 3.77. The first kappa shape index (κ1) is 15.9. The Kier molecular flexibility index (Phi) is 4.26. The van der Waals surface area contributed by atoms with Crippen molar-refractivity contribution in [2.45, 2.75) is 26.3 Å². The number of rotatable bonds is 3. The van der Waals surface area contributed by atoms with Crippen LogP contribution < -0.4 is 0 Å². The van der Waals surface area contributed by atoms with Gasteiger partial charge in [-0.15, -0.1) is 0 Å². The largest absolute Gasteiger partial charge is 0.339 e. The zero-order chi connectivity index (χ0) is 17.2. The van der Waals surface area contributed by atoms with Gasteiger partial charge in [-0.3, -0.25) is 4.79 Å². The summed E-state index contributed by atoms with van der Waals surface area (Å²) in [7, 11) is 0. The van der Waals surface area contributed by atoms with Crippen molar-refractivity contribution in [1.29, 1.82) is 0 Å². The summed E-state index contributed by atoms with van der Waals surface area (Å²) in [5, 5.41) is 0. The van der Waals surface area contributed by atoms with Crippen LogP contribution in [-0.4, -0.2) is 33.4 Å². The number of hydrogen-bond acceptors (Lipinski definition) is 2. The molecule has 0 N–H and O–H groups in total. The number of hydrogen-bond donors (Lipinski definition) is 0. The first-order valence-electron chi connectivity index (χ1n) is 8.98. The fraction of sp³-hybridized carbons (Fsp3) is 0.333. The lowest BCUT2D eigenvalue weighted by Crippen LogP contribution is -2.39. The third-order valence-electron chi connectivity index (χ3n) is 5.21. The molecule has 1 aromatic heterocycles. The number of imidazole rings is 1. The molecule has 4 rings (SSSR count). The maximum atomic E-state index is 12.6. The minimum absolute atomic E-state index is 0.156. The summed E-state index contributed by atoms with van der Waals surface area (Å²) in [4.78, 5) is 19.2. The summed E-state index contributed by atoms with van der Waals surface area (Å²) in [5.74, 6) is 1.82. The molecular weight excluding hydrogens is 310 g/mol. The Labute approximate surface area is 148 Å². The molecule has 2 heterocycles. The van der Waals surface area contributed by atoms with Crippen LogP contribution >= 0.6 is 0 Å². The van der Waals surface area contributed by atoms with E-state index in [-0.39, 0.29) is 5.91 Å². The van der Waals surface area contributed by atoms with Gasteiger partial charge < -0.3 is 9.47 Å². The summed E-state index contributed by atoms with van der Waals surface area (Å²) in [6.45, 7) is 4.74. The molecule has 0 bridgehead atoms. The molecular formula is C21H23N3O. The Balaban J connectivity index is 1.42.